The van der Waals surface area contributed by atoms with Crippen molar-refractivity contribution in [3.8, 4) is 33.9 Å². The van der Waals surface area contributed by atoms with Gasteiger partial charge in [-0.1, -0.05) is 18.2 Å². The van der Waals surface area contributed by atoms with Crippen LogP contribution in [-0.4, -0.2) is 19.4 Å². The van der Waals surface area contributed by atoms with Gasteiger partial charge in [-0.25, -0.2) is 23.1 Å². The van der Waals surface area contributed by atoms with Crippen LogP contribution >= 0.6 is 0 Å². The minimum Gasteiger partial charge on any atom is -0.338 e. The molecule has 0 saturated carbocycles. The van der Waals surface area contributed by atoms with E-state index in [0.717, 1.165) is 18.2 Å². The van der Waals surface area contributed by atoms with E-state index in [0.29, 0.717) is 22.2 Å². The van der Waals surface area contributed by atoms with Crippen LogP contribution in [0.2, 0.25) is 0 Å². The molecule has 1 N–H and O–H groups in total. The quantitative estimate of drug-likeness (QED) is 0.250. The Balaban J connectivity index is 1.54. The number of imidazole rings is 2. The molecule has 0 saturated heterocycles. The van der Waals surface area contributed by atoms with E-state index in [1.807, 2.05) is 0 Å². The molecule has 0 radical (unpaired) electrons. The van der Waals surface area contributed by atoms with Gasteiger partial charge in [-0.2, -0.15) is 13.2 Å². The molecule has 0 aliphatic rings. The number of nitrogens with zero attached hydrogens (tertiary/aromatic N) is 3. The summed E-state index contributed by atoms with van der Waals surface area (Å²) in [6, 6.07) is 14.4. The molecule has 6 rings (SSSR count). The first kappa shape index (κ1) is 22.8. The number of nitrogens with one attached hydrogen (secondary N) is 1. The standard InChI is InChI=1S/C27H14F6N4/c28-15-7-9-21-22(12-15)36-25(35-21)18-11-14(6-8-19(18)27(31,32)33)16-4-2-10-37-23(16)13-34-26(37)17-3-1-5-20(29)24(17)30/h1-13H,(H,35,36). The Morgan fingerprint density at radius 3 is 2.43 bits per heavy atom. The molecule has 0 atom stereocenters. The number of benzene rings is 3. The molecule has 0 unspecified atom stereocenters. The third-order valence-electron chi connectivity index (χ3n) is 6.10. The predicted molar refractivity (Wildman–Crippen MR) is 126 cm³/mol. The molecule has 4 nitrogen and oxygen atoms in total. The SMILES string of the molecule is Fc1ccc2nc(-c3cc(-c4cccn5c(-c6cccc(F)c6F)ncc45)ccc3C(F)(F)F)[nH]c2c1. The maximum atomic E-state index is 14.5. The minimum absolute atomic E-state index is 0.0558. The van der Waals surface area contributed by atoms with Crippen LogP contribution < -0.4 is 0 Å². The Morgan fingerprint density at radius 1 is 0.811 bits per heavy atom. The fourth-order valence-electron chi connectivity index (χ4n) is 4.41. The highest BCUT2D eigenvalue weighted by atomic mass is 19.4. The van der Waals surface area contributed by atoms with E-state index in [9.17, 15) is 26.3 Å². The highest BCUT2D eigenvalue weighted by Crippen LogP contribution is 2.40. The minimum atomic E-state index is -4.68. The van der Waals surface area contributed by atoms with Gasteiger partial charge in [0.05, 0.1) is 33.9 Å². The molecule has 3 heterocycles. The monoisotopic (exact) mass is 508 g/mol. The van der Waals surface area contributed by atoms with Gasteiger partial charge in [0.1, 0.15) is 17.5 Å². The van der Waals surface area contributed by atoms with Crippen molar-refractivity contribution in [2.24, 2.45) is 0 Å². The predicted octanol–water partition coefficient (Wildman–Crippen LogP) is 7.65. The number of hydrogen-bond donors (Lipinski definition) is 1. The highest BCUT2D eigenvalue weighted by molar-refractivity contribution is 5.86. The fourth-order valence-corrected chi connectivity index (χ4v) is 4.41. The first-order valence-electron chi connectivity index (χ1n) is 11.0. The van der Waals surface area contributed by atoms with Gasteiger partial charge in [-0.3, -0.25) is 4.40 Å². The number of pyridine rings is 1. The van der Waals surface area contributed by atoms with Gasteiger partial charge < -0.3 is 4.98 Å². The zero-order chi connectivity index (χ0) is 25.9. The van der Waals surface area contributed by atoms with Crippen LogP contribution in [0.4, 0.5) is 26.3 Å². The van der Waals surface area contributed by atoms with Crippen LogP contribution in [0.3, 0.4) is 0 Å². The largest absolute Gasteiger partial charge is 0.417 e. The summed E-state index contributed by atoms with van der Waals surface area (Å²) in [5.74, 6) is -2.56. The average molecular weight is 508 g/mol. The summed E-state index contributed by atoms with van der Waals surface area (Å²) in [5.41, 5.74) is 0.765. The number of alkyl halides is 3. The van der Waals surface area contributed by atoms with Crippen LogP contribution in [0.25, 0.3) is 50.5 Å². The zero-order valence-electron chi connectivity index (χ0n) is 18.6. The summed E-state index contributed by atoms with van der Waals surface area (Å²) >= 11 is 0. The summed E-state index contributed by atoms with van der Waals surface area (Å²) in [6.07, 6.45) is -1.64. The van der Waals surface area contributed by atoms with Gasteiger partial charge in [0.15, 0.2) is 11.6 Å². The molecule has 0 aliphatic heterocycles. The second-order valence-corrected chi connectivity index (χ2v) is 8.37. The van der Waals surface area contributed by atoms with Gasteiger partial charge in [0.2, 0.25) is 0 Å². The van der Waals surface area contributed by atoms with Crippen LogP contribution in [0.15, 0.2) is 79.1 Å². The van der Waals surface area contributed by atoms with E-state index in [1.54, 1.807) is 18.3 Å². The van der Waals surface area contributed by atoms with E-state index in [-0.39, 0.29) is 28.3 Å². The number of fused-ring (bicyclic) bond motifs is 2. The number of halogens is 6. The Morgan fingerprint density at radius 2 is 1.62 bits per heavy atom. The van der Waals surface area contributed by atoms with Crippen molar-refractivity contribution in [1.82, 2.24) is 19.4 Å². The van der Waals surface area contributed by atoms with Gasteiger partial charge in [-0.15, -0.1) is 0 Å². The topological polar surface area (TPSA) is 46.0 Å². The highest BCUT2D eigenvalue weighted by Gasteiger charge is 2.34. The smallest absolute Gasteiger partial charge is 0.338 e. The molecular formula is C27H14F6N4. The molecule has 3 aromatic carbocycles. The van der Waals surface area contributed by atoms with E-state index in [4.69, 9.17) is 0 Å². The zero-order valence-corrected chi connectivity index (χ0v) is 18.6. The third kappa shape index (κ3) is 3.81. The summed E-state index contributed by atoms with van der Waals surface area (Å²) in [4.78, 5) is 11.3. The molecular weight excluding hydrogens is 494 g/mol. The number of aromatic nitrogens is 4. The van der Waals surface area contributed by atoms with Crippen molar-refractivity contribution < 1.29 is 26.3 Å². The maximum Gasteiger partial charge on any atom is 0.417 e. The molecule has 184 valence electrons. The van der Waals surface area contributed by atoms with E-state index in [1.165, 1.54) is 47.0 Å². The fraction of sp³-hybridized carbons (Fsp3) is 0.0370. The lowest BCUT2D eigenvalue weighted by Crippen LogP contribution is -2.08. The van der Waals surface area contributed by atoms with Gasteiger partial charge in [-0.05, 0) is 54.1 Å². The second kappa shape index (κ2) is 8.22. The lowest BCUT2D eigenvalue weighted by atomic mass is 9.98. The molecule has 0 fully saturated rings. The molecule has 0 amide bonds. The van der Waals surface area contributed by atoms with Crippen LogP contribution in [0, 0.1) is 17.5 Å². The molecule has 0 bridgehead atoms. The van der Waals surface area contributed by atoms with Crippen molar-refractivity contribution in [1.29, 1.82) is 0 Å². The summed E-state index contributed by atoms with van der Waals surface area (Å²) in [7, 11) is 0. The van der Waals surface area contributed by atoms with Crippen molar-refractivity contribution >= 4 is 16.6 Å². The van der Waals surface area contributed by atoms with Gasteiger partial charge in [0, 0.05) is 17.3 Å². The van der Waals surface area contributed by atoms with Crippen molar-refractivity contribution in [3.63, 3.8) is 0 Å². The Kier molecular flexibility index (Phi) is 5.08. The van der Waals surface area contributed by atoms with Crippen molar-refractivity contribution in [2.45, 2.75) is 6.18 Å². The summed E-state index contributed by atoms with van der Waals surface area (Å²) in [5, 5.41) is 0. The molecule has 0 spiro atoms. The molecule has 3 aromatic heterocycles. The third-order valence-corrected chi connectivity index (χ3v) is 6.10. The molecule has 6 aromatic rings. The molecule has 37 heavy (non-hydrogen) atoms. The second-order valence-electron chi connectivity index (χ2n) is 8.37. The number of rotatable bonds is 3. The van der Waals surface area contributed by atoms with Crippen molar-refractivity contribution in [2.75, 3.05) is 0 Å². The van der Waals surface area contributed by atoms with Crippen molar-refractivity contribution in [3.05, 3.63) is 102 Å². The van der Waals surface area contributed by atoms with E-state index in [2.05, 4.69) is 15.0 Å². The van der Waals surface area contributed by atoms with E-state index >= 15 is 0 Å². The van der Waals surface area contributed by atoms with E-state index < -0.39 is 29.2 Å². The lowest BCUT2D eigenvalue weighted by molar-refractivity contribution is -0.137. The Hall–Kier alpha value is -4.60. The molecule has 0 aliphatic carbocycles. The van der Waals surface area contributed by atoms with Crippen LogP contribution in [-0.2, 0) is 6.18 Å². The Bertz CT molecular complexity index is 1820. The summed E-state index contributed by atoms with van der Waals surface area (Å²) in [6.45, 7) is 0. The van der Waals surface area contributed by atoms with Crippen LogP contribution in [0.1, 0.15) is 5.56 Å². The maximum absolute atomic E-state index is 14.5. The number of aromatic amines is 1. The lowest BCUT2D eigenvalue weighted by Gasteiger charge is -2.14. The molecule has 10 heteroatoms. The van der Waals surface area contributed by atoms with Gasteiger partial charge in [0.25, 0.3) is 0 Å². The summed E-state index contributed by atoms with van der Waals surface area (Å²) < 4.78 is 85.2. The first-order valence-corrected chi connectivity index (χ1v) is 11.0. The van der Waals surface area contributed by atoms with Crippen LogP contribution in [0.5, 0.6) is 0 Å². The number of hydrogen-bond acceptors (Lipinski definition) is 2. The Labute approximate surface area is 204 Å². The van der Waals surface area contributed by atoms with Gasteiger partial charge >= 0.3 is 6.18 Å². The normalized spacial score (nSPS) is 12.1. The average Bonchev–Trinajstić information content (AvgIpc) is 3.49. The first-order chi connectivity index (χ1) is 17.7. The number of H-pyrrole nitrogens is 1.